The van der Waals surface area contributed by atoms with Crippen LogP contribution in [0.5, 0.6) is 5.75 Å². The predicted octanol–water partition coefficient (Wildman–Crippen LogP) is 3.33. The van der Waals surface area contributed by atoms with Gasteiger partial charge in [0.05, 0.1) is 11.5 Å². The van der Waals surface area contributed by atoms with E-state index in [1.165, 1.54) is 17.3 Å². The number of amides is 1. The molecule has 0 aliphatic heterocycles. The summed E-state index contributed by atoms with van der Waals surface area (Å²) in [4.78, 5) is 12.8. The van der Waals surface area contributed by atoms with Gasteiger partial charge in [-0.2, -0.15) is 5.10 Å². The molecule has 1 amide bonds. The summed E-state index contributed by atoms with van der Waals surface area (Å²) in [6.45, 7) is 3.76. The molecule has 0 fully saturated rings. The number of phenols is 1. The average molecular weight is 314 g/mol. The average Bonchev–Trinajstić information content (AvgIpc) is 2.52. The molecule has 0 saturated carbocycles. The first kappa shape index (κ1) is 16.1. The fourth-order valence-corrected chi connectivity index (χ4v) is 2.49. The van der Waals surface area contributed by atoms with Crippen molar-refractivity contribution in [3.05, 3.63) is 59.7 Å². The van der Waals surface area contributed by atoms with Crippen LogP contribution in [-0.4, -0.2) is 22.5 Å². The molecule has 0 bridgehead atoms. The third-order valence-electron chi connectivity index (χ3n) is 3.03. The van der Waals surface area contributed by atoms with E-state index in [1.807, 2.05) is 37.3 Å². The Bertz CT molecular complexity index is 681. The Morgan fingerprint density at radius 2 is 1.86 bits per heavy atom. The van der Waals surface area contributed by atoms with E-state index in [-0.39, 0.29) is 11.7 Å². The molecule has 2 rings (SSSR count). The van der Waals surface area contributed by atoms with E-state index in [2.05, 4.69) is 10.5 Å². The van der Waals surface area contributed by atoms with Gasteiger partial charge in [0.25, 0.3) is 0 Å². The topological polar surface area (TPSA) is 61.7 Å². The summed E-state index contributed by atoms with van der Waals surface area (Å²) in [5.74, 6) is 0.257. The summed E-state index contributed by atoms with van der Waals surface area (Å²) < 4.78 is 0. The van der Waals surface area contributed by atoms with Crippen LogP contribution in [0.2, 0.25) is 0 Å². The molecule has 2 aromatic rings. The van der Waals surface area contributed by atoms with Crippen molar-refractivity contribution in [2.45, 2.75) is 18.7 Å². The monoisotopic (exact) mass is 314 g/mol. The number of hydrogen-bond acceptors (Lipinski definition) is 4. The van der Waals surface area contributed by atoms with Crippen LogP contribution in [0.3, 0.4) is 0 Å². The smallest absolute Gasteiger partial charge is 0.250 e. The van der Waals surface area contributed by atoms with Gasteiger partial charge < -0.3 is 5.11 Å². The zero-order valence-corrected chi connectivity index (χ0v) is 13.4. The van der Waals surface area contributed by atoms with Gasteiger partial charge in [0, 0.05) is 10.5 Å². The number of benzene rings is 2. The standard InChI is InChI=1S/C17H18N2O2S/c1-12-7-9-14(10-8-12)22-11-17(21)19-18-13(2)15-5-3-4-6-16(15)20/h3-10,20H,11H2,1-2H3,(H,19,21)/b18-13-. The van der Waals surface area contributed by atoms with Gasteiger partial charge in [-0.1, -0.05) is 29.8 Å². The summed E-state index contributed by atoms with van der Waals surface area (Å²) in [6, 6.07) is 14.9. The number of hydrogen-bond donors (Lipinski definition) is 2. The molecule has 0 radical (unpaired) electrons. The quantitative estimate of drug-likeness (QED) is 0.505. The van der Waals surface area contributed by atoms with E-state index < -0.39 is 0 Å². The fraction of sp³-hybridized carbons (Fsp3) is 0.176. The molecule has 4 nitrogen and oxygen atoms in total. The lowest BCUT2D eigenvalue weighted by Crippen LogP contribution is -2.21. The maximum Gasteiger partial charge on any atom is 0.250 e. The van der Waals surface area contributed by atoms with Gasteiger partial charge in [-0.25, -0.2) is 5.43 Å². The Morgan fingerprint density at radius 3 is 2.55 bits per heavy atom. The lowest BCUT2D eigenvalue weighted by Gasteiger charge is -2.05. The van der Waals surface area contributed by atoms with Crippen LogP contribution in [0.4, 0.5) is 0 Å². The minimum Gasteiger partial charge on any atom is -0.507 e. The molecule has 22 heavy (non-hydrogen) atoms. The molecule has 2 N–H and O–H groups in total. The Morgan fingerprint density at radius 1 is 1.18 bits per heavy atom. The summed E-state index contributed by atoms with van der Waals surface area (Å²) >= 11 is 1.46. The van der Waals surface area contributed by atoms with E-state index in [1.54, 1.807) is 25.1 Å². The van der Waals surface area contributed by atoms with E-state index in [0.29, 0.717) is 17.0 Å². The molecule has 0 heterocycles. The SMILES string of the molecule is C/C(=N/NC(=O)CSc1ccc(C)cc1)c1ccccc1O. The number of carbonyl (C=O) groups excluding carboxylic acids is 1. The Labute approximate surface area is 134 Å². The minimum atomic E-state index is -0.180. The third kappa shape index (κ3) is 4.63. The molecular formula is C17H18N2O2S. The van der Waals surface area contributed by atoms with Crippen LogP contribution in [-0.2, 0) is 4.79 Å². The maximum atomic E-state index is 11.8. The number of nitrogens with zero attached hydrogens (tertiary/aromatic N) is 1. The van der Waals surface area contributed by atoms with Gasteiger partial charge in [0.15, 0.2) is 0 Å². The molecule has 0 unspecified atom stereocenters. The van der Waals surface area contributed by atoms with Gasteiger partial charge in [-0.15, -0.1) is 11.8 Å². The normalized spacial score (nSPS) is 11.3. The van der Waals surface area contributed by atoms with Crippen molar-refractivity contribution in [3.8, 4) is 5.75 Å². The Balaban J connectivity index is 1.88. The fourth-order valence-electron chi connectivity index (χ4n) is 1.80. The van der Waals surface area contributed by atoms with Crippen molar-refractivity contribution in [1.29, 1.82) is 0 Å². The molecule has 0 atom stereocenters. The second-order valence-electron chi connectivity index (χ2n) is 4.85. The first-order valence-corrected chi connectivity index (χ1v) is 7.86. The lowest BCUT2D eigenvalue weighted by molar-refractivity contribution is -0.118. The van der Waals surface area contributed by atoms with E-state index >= 15 is 0 Å². The molecule has 0 spiro atoms. The molecule has 0 aromatic heterocycles. The van der Waals surface area contributed by atoms with E-state index in [4.69, 9.17) is 0 Å². The van der Waals surface area contributed by atoms with E-state index in [9.17, 15) is 9.90 Å². The molecule has 0 aliphatic rings. The number of hydrazone groups is 1. The van der Waals surface area contributed by atoms with Gasteiger partial charge in [0.1, 0.15) is 5.75 Å². The summed E-state index contributed by atoms with van der Waals surface area (Å²) in [7, 11) is 0. The van der Waals surface area contributed by atoms with Crippen molar-refractivity contribution < 1.29 is 9.90 Å². The molecule has 5 heteroatoms. The first-order chi connectivity index (χ1) is 10.6. The number of aryl methyl sites for hydroxylation is 1. The van der Waals surface area contributed by atoms with Crippen molar-refractivity contribution >= 4 is 23.4 Å². The maximum absolute atomic E-state index is 11.8. The zero-order chi connectivity index (χ0) is 15.9. The first-order valence-electron chi connectivity index (χ1n) is 6.87. The third-order valence-corrected chi connectivity index (χ3v) is 4.05. The second kappa shape index (κ2) is 7.66. The van der Waals surface area contributed by atoms with Crippen molar-refractivity contribution in [1.82, 2.24) is 5.43 Å². The number of thioether (sulfide) groups is 1. The van der Waals surface area contributed by atoms with E-state index in [0.717, 1.165) is 4.90 Å². The second-order valence-corrected chi connectivity index (χ2v) is 5.90. The van der Waals surface area contributed by atoms with Crippen LogP contribution in [0, 0.1) is 6.92 Å². The number of carbonyl (C=O) groups is 1. The molecular weight excluding hydrogens is 296 g/mol. The Kier molecular flexibility index (Phi) is 5.61. The molecule has 2 aromatic carbocycles. The molecule has 0 saturated heterocycles. The highest BCUT2D eigenvalue weighted by Crippen LogP contribution is 2.18. The number of aromatic hydroxyl groups is 1. The van der Waals surface area contributed by atoms with Gasteiger partial charge in [-0.3, -0.25) is 4.79 Å². The van der Waals surface area contributed by atoms with Gasteiger partial charge in [0.2, 0.25) is 5.91 Å². The van der Waals surface area contributed by atoms with Crippen molar-refractivity contribution in [2.75, 3.05) is 5.75 Å². The molecule has 114 valence electrons. The number of phenolic OH excluding ortho intramolecular Hbond substituents is 1. The number of nitrogens with one attached hydrogen (secondary N) is 1. The summed E-state index contributed by atoms with van der Waals surface area (Å²) in [5, 5.41) is 13.7. The zero-order valence-electron chi connectivity index (χ0n) is 12.5. The summed E-state index contributed by atoms with van der Waals surface area (Å²) in [6.07, 6.45) is 0. The van der Waals surface area contributed by atoms with Crippen LogP contribution < -0.4 is 5.43 Å². The highest BCUT2D eigenvalue weighted by molar-refractivity contribution is 8.00. The van der Waals surface area contributed by atoms with Crippen molar-refractivity contribution in [3.63, 3.8) is 0 Å². The lowest BCUT2D eigenvalue weighted by atomic mass is 10.1. The predicted molar refractivity (Wildman–Crippen MR) is 90.4 cm³/mol. The number of rotatable bonds is 5. The van der Waals surface area contributed by atoms with Crippen LogP contribution in [0.15, 0.2) is 58.5 Å². The Hall–Kier alpha value is -2.27. The summed E-state index contributed by atoms with van der Waals surface area (Å²) in [5.41, 5.74) is 4.87. The van der Waals surface area contributed by atoms with Crippen molar-refractivity contribution in [2.24, 2.45) is 5.10 Å². The van der Waals surface area contributed by atoms with Crippen LogP contribution in [0.25, 0.3) is 0 Å². The largest absolute Gasteiger partial charge is 0.507 e. The molecule has 0 aliphatic carbocycles. The van der Waals surface area contributed by atoms with Gasteiger partial charge >= 0.3 is 0 Å². The minimum absolute atomic E-state index is 0.145. The van der Waals surface area contributed by atoms with Crippen LogP contribution in [0.1, 0.15) is 18.1 Å². The highest BCUT2D eigenvalue weighted by Gasteiger charge is 2.05. The highest BCUT2D eigenvalue weighted by atomic mass is 32.2. The van der Waals surface area contributed by atoms with Gasteiger partial charge in [-0.05, 0) is 38.1 Å². The number of para-hydroxylation sites is 1. The van der Waals surface area contributed by atoms with Crippen LogP contribution >= 0.6 is 11.8 Å².